The van der Waals surface area contributed by atoms with Gasteiger partial charge in [0.2, 0.25) is 0 Å². The third-order valence-corrected chi connectivity index (χ3v) is 0.983. The molecule has 0 saturated heterocycles. The second-order valence-corrected chi connectivity index (χ2v) is 2.51. The molecule has 14 heavy (non-hydrogen) atoms. The van der Waals surface area contributed by atoms with Gasteiger partial charge in [-0.3, -0.25) is 9.59 Å². The van der Waals surface area contributed by atoms with Crippen molar-refractivity contribution < 1.29 is 19.1 Å². The minimum absolute atomic E-state index is 0. The first-order valence-electron chi connectivity index (χ1n) is 3.77. The van der Waals surface area contributed by atoms with Crippen molar-refractivity contribution in [2.24, 2.45) is 0 Å². The van der Waals surface area contributed by atoms with Gasteiger partial charge >= 0.3 is 0 Å². The molecule has 0 aromatic heterocycles. The first kappa shape index (κ1) is 18.9. The Morgan fingerprint density at radius 2 is 1.14 bits per heavy atom. The molecule has 0 heterocycles. The van der Waals surface area contributed by atoms with Gasteiger partial charge in [-0.15, -0.1) is 0 Å². The zero-order chi connectivity index (χ0) is 9.40. The lowest BCUT2D eigenvalue weighted by molar-refractivity contribution is -0.124. The summed E-state index contributed by atoms with van der Waals surface area (Å²) in [6.07, 6.45) is 0. The first-order chi connectivity index (χ1) is 5.63. The van der Waals surface area contributed by atoms with Gasteiger partial charge in [-0.2, -0.15) is 0 Å². The average molecular weight is 206 g/mol. The molecule has 0 unspecified atom stereocenters. The van der Waals surface area contributed by atoms with Crippen LogP contribution in [0.25, 0.3) is 0 Å². The van der Waals surface area contributed by atoms with Crippen molar-refractivity contribution in [3.63, 3.8) is 0 Å². The maximum Gasteiger partial charge on any atom is 0.155 e. The molecule has 0 aliphatic heterocycles. The molecular weight excluding hydrogens is 184 g/mol. The normalized spacial score (nSPS) is 8.43. The van der Waals surface area contributed by atoms with Crippen LogP contribution in [-0.4, -0.2) is 38.0 Å². The Morgan fingerprint density at radius 3 is 1.36 bits per heavy atom. The minimum atomic E-state index is -0.0124. The Bertz CT molecular complexity index is 136. The van der Waals surface area contributed by atoms with Crippen LogP contribution in [0.4, 0.5) is 0 Å². The second kappa shape index (κ2) is 12.3. The SMILES string of the molecule is C.C.CC(=O)COCCOCC(C)=O. The van der Waals surface area contributed by atoms with E-state index in [2.05, 4.69) is 0 Å². The molecule has 0 aliphatic rings. The lowest BCUT2D eigenvalue weighted by Crippen LogP contribution is -2.12. The molecule has 0 saturated carbocycles. The van der Waals surface area contributed by atoms with Gasteiger partial charge in [0.1, 0.15) is 13.2 Å². The van der Waals surface area contributed by atoms with Crippen molar-refractivity contribution in [2.45, 2.75) is 28.7 Å². The first-order valence-corrected chi connectivity index (χ1v) is 3.77. The van der Waals surface area contributed by atoms with E-state index in [4.69, 9.17) is 9.47 Å². The van der Waals surface area contributed by atoms with Crippen molar-refractivity contribution in [3.05, 3.63) is 0 Å². The molecule has 0 aromatic rings. The van der Waals surface area contributed by atoms with Crippen LogP contribution < -0.4 is 0 Å². The summed E-state index contributed by atoms with van der Waals surface area (Å²) in [5.41, 5.74) is 0. The van der Waals surface area contributed by atoms with Crippen LogP contribution in [0.1, 0.15) is 28.7 Å². The largest absolute Gasteiger partial charge is 0.371 e. The summed E-state index contributed by atoms with van der Waals surface area (Å²) >= 11 is 0. The van der Waals surface area contributed by atoms with Crippen molar-refractivity contribution in [2.75, 3.05) is 26.4 Å². The fourth-order valence-electron chi connectivity index (χ4n) is 0.550. The molecular formula is C10H22O4. The van der Waals surface area contributed by atoms with E-state index in [9.17, 15) is 9.59 Å². The summed E-state index contributed by atoms with van der Waals surface area (Å²) in [5.74, 6) is -0.0249. The van der Waals surface area contributed by atoms with Gasteiger partial charge in [0.25, 0.3) is 0 Å². The van der Waals surface area contributed by atoms with E-state index < -0.39 is 0 Å². The van der Waals surface area contributed by atoms with Crippen molar-refractivity contribution in [1.82, 2.24) is 0 Å². The van der Waals surface area contributed by atoms with E-state index in [0.717, 1.165) is 0 Å². The number of ketones is 2. The third-order valence-electron chi connectivity index (χ3n) is 0.983. The fourth-order valence-corrected chi connectivity index (χ4v) is 0.550. The van der Waals surface area contributed by atoms with E-state index in [1.807, 2.05) is 0 Å². The molecule has 0 N–H and O–H groups in total. The van der Waals surface area contributed by atoms with Crippen LogP contribution >= 0.6 is 0 Å². The number of ether oxygens (including phenoxy) is 2. The predicted molar refractivity (Wildman–Crippen MR) is 56.5 cm³/mol. The Kier molecular flexibility index (Phi) is 16.6. The molecule has 4 heteroatoms. The number of carbonyl (C=O) groups is 2. The predicted octanol–water partition coefficient (Wildman–Crippen LogP) is 1.47. The molecule has 0 rings (SSSR count). The monoisotopic (exact) mass is 206 g/mol. The summed E-state index contributed by atoms with van der Waals surface area (Å²) < 4.78 is 9.78. The highest BCUT2D eigenvalue weighted by molar-refractivity contribution is 5.77. The van der Waals surface area contributed by atoms with Gasteiger partial charge in [0.05, 0.1) is 13.2 Å². The topological polar surface area (TPSA) is 52.6 Å². The summed E-state index contributed by atoms with van der Waals surface area (Å²) in [7, 11) is 0. The van der Waals surface area contributed by atoms with E-state index in [1.54, 1.807) is 0 Å². The highest BCUT2D eigenvalue weighted by atomic mass is 16.5. The zero-order valence-corrected chi connectivity index (χ0v) is 7.46. The molecule has 86 valence electrons. The minimum Gasteiger partial charge on any atom is -0.371 e. The summed E-state index contributed by atoms with van der Waals surface area (Å²) in [6, 6.07) is 0. The molecule has 0 radical (unpaired) electrons. The van der Waals surface area contributed by atoms with Crippen LogP contribution in [0.3, 0.4) is 0 Å². The zero-order valence-electron chi connectivity index (χ0n) is 7.46. The fraction of sp³-hybridized carbons (Fsp3) is 0.800. The number of rotatable bonds is 7. The van der Waals surface area contributed by atoms with Gasteiger partial charge in [-0.05, 0) is 13.8 Å². The number of hydrogen-bond donors (Lipinski definition) is 0. The maximum atomic E-state index is 10.4. The lowest BCUT2D eigenvalue weighted by Gasteiger charge is -2.01. The number of Topliss-reactive ketones (excluding diaryl/α,β-unsaturated/α-hetero) is 2. The van der Waals surface area contributed by atoms with Gasteiger partial charge in [-0.25, -0.2) is 0 Å². The summed E-state index contributed by atoms with van der Waals surface area (Å²) in [5, 5.41) is 0. The van der Waals surface area contributed by atoms with Crippen LogP contribution in [-0.2, 0) is 19.1 Å². The Balaban J connectivity index is -0.000000605. The van der Waals surface area contributed by atoms with Crippen LogP contribution in [0.15, 0.2) is 0 Å². The highest BCUT2D eigenvalue weighted by Gasteiger charge is 1.94. The average Bonchev–Trinajstić information content (AvgIpc) is 1.95. The molecule has 0 amide bonds. The van der Waals surface area contributed by atoms with Crippen LogP contribution in [0.2, 0.25) is 0 Å². The number of hydrogen-bond acceptors (Lipinski definition) is 4. The van der Waals surface area contributed by atoms with E-state index >= 15 is 0 Å². The molecule has 0 aliphatic carbocycles. The molecule has 0 spiro atoms. The van der Waals surface area contributed by atoms with Crippen molar-refractivity contribution in [3.8, 4) is 0 Å². The van der Waals surface area contributed by atoms with E-state index in [1.165, 1.54) is 13.8 Å². The Hall–Kier alpha value is -0.740. The summed E-state index contributed by atoms with van der Waals surface area (Å²) in [6.45, 7) is 3.85. The van der Waals surface area contributed by atoms with Crippen LogP contribution in [0.5, 0.6) is 0 Å². The standard InChI is InChI=1S/C8H14O4.2CH4/c1-7(9)5-11-3-4-12-6-8(2)10;;/h3-6H2,1-2H3;2*1H4. The molecule has 0 atom stereocenters. The quantitative estimate of drug-likeness (QED) is 0.592. The van der Waals surface area contributed by atoms with E-state index in [0.29, 0.717) is 13.2 Å². The van der Waals surface area contributed by atoms with Crippen molar-refractivity contribution >= 4 is 11.6 Å². The van der Waals surface area contributed by atoms with Gasteiger partial charge in [0.15, 0.2) is 11.6 Å². The van der Waals surface area contributed by atoms with Crippen molar-refractivity contribution in [1.29, 1.82) is 0 Å². The number of carbonyl (C=O) groups excluding carboxylic acids is 2. The smallest absolute Gasteiger partial charge is 0.155 e. The van der Waals surface area contributed by atoms with Gasteiger partial charge < -0.3 is 9.47 Å². The summed E-state index contributed by atoms with van der Waals surface area (Å²) in [4.78, 5) is 20.7. The molecule has 0 aromatic carbocycles. The molecule has 4 nitrogen and oxygen atoms in total. The van der Waals surface area contributed by atoms with Gasteiger partial charge in [-0.1, -0.05) is 14.9 Å². The Labute approximate surface area is 86.6 Å². The molecule has 0 bridgehead atoms. The Morgan fingerprint density at radius 1 is 0.857 bits per heavy atom. The van der Waals surface area contributed by atoms with Crippen LogP contribution in [0, 0.1) is 0 Å². The molecule has 0 fully saturated rings. The third kappa shape index (κ3) is 17.4. The second-order valence-electron chi connectivity index (χ2n) is 2.51. The van der Waals surface area contributed by atoms with Gasteiger partial charge in [0, 0.05) is 0 Å². The lowest BCUT2D eigenvalue weighted by atomic mass is 10.5. The highest BCUT2D eigenvalue weighted by Crippen LogP contribution is 1.80. The maximum absolute atomic E-state index is 10.4. The van der Waals surface area contributed by atoms with E-state index in [-0.39, 0.29) is 39.6 Å².